The van der Waals surface area contributed by atoms with E-state index in [1.807, 2.05) is 78.9 Å². The van der Waals surface area contributed by atoms with Crippen LogP contribution in [0.3, 0.4) is 0 Å². The number of fused-ring (bicyclic) bond motifs is 1. The molecule has 0 radical (unpaired) electrons. The first-order valence-electron chi connectivity index (χ1n) is 9.69. The summed E-state index contributed by atoms with van der Waals surface area (Å²) in [6.07, 6.45) is 1.75. The summed E-state index contributed by atoms with van der Waals surface area (Å²) in [6.45, 7) is 2.38. The number of benzene rings is 2. The van der Waals surface area contributed by atoms with Crippen LogP contribution >= 0.6 is 0 Å². The van der Waals surface area contributed by atoms with Crippen molar-refractivity contribution in [2.75, 3.05) is 0 Å². The lowest BCUT2D eigenvalue weighted by molar-refractivity contribution is 0.286. The average molecular weight is 393 g/mol. The van der Waals surface area contributed by atoms with E-state index >= 15 is 0 Å². The van der Waals surface area contributed by atoms with Crippen LogP contribution < -0.4 is 4.74 Å². The van der Waals surface area contributed by atoms with Gasteiger partial charge in [-0.15, -0.1) is 15.3 Å². The van der Waals surface area contributed by atoms with E-state index in [0.717, 1.165) is 22.4 Å². The Morgan fingerprint density at radius 3 is 2.40 bits per heavy atom. The molecule has 0 unspecified atom stereocenters. The minimum absolute atomic E-state index is 0.321. The molecule has 0 fully saturated rings. The minimum Gasteiger partial charge on any atom is -0.470 e. The molecular weight excluding hydrogens is 374 g/mol. The van der Waals surface area contributed by atoms with E-state index in [4.69, 9.17) is 9.84 Å². The Morgan fingerprint density at radius 2 is 1.63 bits per heavy atom. The fourth-order valence-corrected chi connectivity index (χ4v) is 3.26. The van der Waals surface area contributed by atoms with Gasteiger partial charge in [0.25, 0.3) is 0 Å². The zero-order valence-corrected chi connectivity index (χ0v) is 16.4. The van der Waals surface area contributed by atoms with Gasteiger partial charge in [-0.2, -0.15) is 4.52 Å². The predicted molar refractivity (Wildman–Crippen MR) is 115 cm³/mol. The number of aryl methyl sites for hydroxylation is 1. The number of hydrogen-bond donors (Lipinski definition) is 0. The quantitative estimate of drug-likeness (QED) is 0.431. The van der Waals surface area contributed by atoms with E-state index in [1.165, 1.54) is 5.56 Å². The summed E-state index contributed by atoms with van der Waals surface area (Å²) in [7, 11) is 0. The Bertz CT molecular complexity index is 1280. The summed E-state index contributed by atoms with van der Waals surface area (Å²) in [6, 6.07) is 25.9. The molecule has 0 saturated heterocycles. The summed E-state index contributed by atoms with van der Waals surface area (Å²) in [5.41, 5.74) is 5.50. The molecule has 0 amide bonds. The summed E-state index contributed by atoms with van der Waals surface area (Å²) < 4.78 is 7.84. The van der Waals surface area contributed by atoms with Gasteiger partial charge >= 0.3 is 0 Å². The molecule has 0 aliphatic carbocycles. The van der Waals surface area contributed by atoms with Gasteiger partial charge in [0.1, 0.15) is 6.61 Å². The van der Waals surface area contributed by atoms with Crippen LogP contribution in [0.25, 0.3) is 28.2 Å². The number of aromatic nitrogens is 5. The van der Waals surface area contributed by atoms with E-state index in [9.17, 15) is 0 Å². The molecular formula is C24H19N5O. The number of ether oxygens (including phenoxy) is 1. The van der Waals surface area contributed by atoms with Gasteiger partial charge in [0.2, 0.25) is 5.88 Å². The maximum Gasteiger partial charge on any atom is 0.240 e. The van der Waals surface area contributed by atoms with Gasteiger partial charge in [-0.1, -0.05) is 66.2 Å². The van der Waals surface area contributed by atoms with E-state index in [-0.39, 0.29) is 0 Å². The molecule has 146 valence electrons. The van der Waals surface area contributed by atoms with Gasteiger partial charge in [-0.05, 0) is 30.7 Å². The number of hydrogen-bond acceptors (Lipinski definition) is 5. The Hall–Kier alpha value is -4.06. The molecule has 3 aromatic heterocycles. The zero-order chi connectivity index (χ0) is 20.3. The maximum atomic E-state index is 6.12. The molecule has 30 heavy (non-hydrogen) atoms. The number of nitrogens with zero attached hydrogens (tertiary/aromatic N) is 5. The second kappa shape index (κ2) is 7.75. The van der Waals surface area contributed by atoms with E-state index in [2.05, 4.69) is 22.1 Å². The molecule has 0 bridgehead atoms. The molecule has 6 nitrogen and oxygen atoms in total. The van der Waals surface area contributed by atoms with Crippen molar-refractivity contribution in [1.29, 1.82) is 0 Å². The number of rotatable bonds is 5. The van der Waals surface area contributed by atoms with Crippen LogP contribution in [0.4, 0.5) is 0 Å². The summed E-state index contributed by atoms with van der Waals surface area (Å²) >= 11 is 0. The van der Waals surface area contributed by atoms with Gasteiger partial charge in [0.15, 0.2) is 11.5 Å². The summed E-state index contributed by atoms with van der Waals surface area (Å²) in [5, 5.41) is 13.5. The van der Waals surface area contributed by atoms with Crippen molar-refractivity contribution in [2.24, 2.45) is 0 Å². The summed E-state index contributed by atoms with van der Waals surface area (Å²) in [5.74, 6) is 1.18. The molecule has 0 aliphatic rings. The molecule has 0 spiro atoms. The first-order chi connectivity index (χ1) is 14.8. The van der Waals surface area contributed by atoms with Crippen LogP contribution in [-0.2, 0) is 6.61 Å². The van der Waals surface area contributed by atoms with Crippen LogP contribution in [0.1, 0.15) is 11.3 Å². The highest BCUT2D eigenvalue weighted by molar-refractivity contribution is 5.73. The molecule has 5 aromatic rings. The molecule has 6 heteroatoms. The molecule has 0 aliphatic heterocycles. The molecule has 2 aromatic carbocycles. The van der Waals surface area contributed by atoms with Crippen LogP contribution in [0, 0.1) is 6.92 Å². The van der Waals surface area contributed by atoms with Crippen molar-refractivity contribution in [3.63, 3.8) is 0 Å². The topological polar surface area (TPSA) is 65.2 Å². The first kappa shape index (κ1) is 18.0. The van der Waals surface area contributed by atoms with E-state index < -0.39 is 0 Å². The molecule has 3 heterocycles. The van der Waals surface area contributed by atoms with Crippen molar-refractivity contribution in [1.82, 2.24) is 24.8 Å². The Labute approximate surface area is 173 Å². The van der Waals surface area contributed by atoms with Crippen LogP contribution in [0.2, 0.25) is 0 Å². The molecule has 0 saturated carbocycles. The molecule has 5 rings (SSSR count). The second-order valence-corrected chi connectivity index (χ2v) is 7.00. The fourth-order valence-electron chi connectivity index (χ4n) is 3.26. The largest absolute Gasteiger partial charge is 0.470 e. The Balaban J connectivity index is 1.61. The number of pyridine rings is 1. The van der Waals surface area contributed by atoms with Crippen LogP contribution in [0.5, 0.6) is 5.88 Å². The Kier molecular flexibility index (Phi) is 4.65. The first-order valence-corrected chi connectivity index (χ1v) is 9.69. The van der Waals surface area contributed by atoms with Crippen LogP contribution in [-0.4, -0.2) is 24.8 Å². The minimum atomic E-state index is 0.321. The smallest absolute Gasteiger partial charge is 0.240 e. The van der Waals surface area contributed by atoms with Gasteiger partial charge in [0, 0.05) is 17.3 Å². The third-order valence-electron chi connectivity index (χ3n) is 4.84. The average Bonchev–Trinajstić information content (AvgIpc) is 3.22. The van der Waals surface area contributed by atoms with E-state index in [0.29, 0.717) is 24.0 Å². The van der Waals surface area contributed by atoms with Gasteiger partial charge < -0.3 is 4.74 Å². The highest BCUT2D eigenvalue weighted by Crippen LogP contribution is 2.31. The molecule has 0 atom stereocenters. The van der Waals surface area contributed by atoms with Gasteiger partial charge in [0.05, 0.1) is 5.69 Å². The van der Waals surface area contributed by atoms with Crippen LogP contribution in [0.15, 0.2) is 85.1 Å². The van der Waals surface area contributed by atoms with Gasteiger partial charge in [-0.3, -0.25) is 4.98 Å². The third-order valence-corrected chi connectivity index (χ3v) is 4.84. The fraction of sp³-hybridized carbons (Fsp3) is 0.0833. The highest BCUT2D eigenvalue weighted by Gasteiger charge is 2.16. The summed E-state index contributed by atoms with van der Waals surface area (Å²) in [4.78, 5) is 4.34. The predicted octanol–water partition coefficient (Wildman–Crippen LogP) is 4.74. The van der Waals surface area contributed by atoms with Crippen molar-refractivity contribution in [2.45, 2.75) is 13.5 Å². The highest BCUT2D eigenvalue weighted by atomic mass is 16.5. The van der Waals surface area contributed by atoms with Crippen molar-refractivity contribution in [3.8, 4) is 28.4 Å². The van der Waals surface area contributed by atoms with Crippen molar-refractivity contribution in [3.05, 3.63) is 96.3 Å². The Morgan fingerprint density at radius 1 is 0.833 bits per heavy atom. The zero-order valence-electron chi connectivity index (χ0n) is 16.4. The maximum absolute atomic E-state index is 6.12. The third kappa shape index (κ3) is 3.51. The standard InChI is InChI=1S/C24H19N5O/c1-17-10-12-19(13-11-17)23-27-26-22-15-21(18-7-3-2-4-8-18)24(28-29(22)23)30-16-20-9-5-6-14-25-20/h2-15H,16H2,1H3. The van der Waals surface area contributed by atoms with Crippen molar-refractivity contribution >= 4 is 5.65 Å². The monoisotopic (exact) mass is 393 g/mol. The molecule has 0 N–H and O–H groups in total. The lowest BCUT2D eigenvalue weighted by Gasteiger charge is -2.11. The van der Waals surface area contributed by atoms with Gasteiger partial charge in [-0.25, -0.2) is 0 Å². The lowest BCUT2D eigenvalue weighted by Crippen LogP contribution is -2.05. The van der Waals surface area contributed by atoms with Crippen molar-refractivity contribution < 1.29 is 4.74 Å². The lowest BCUT2D eigenvalue weighted by atomic mass is 10.1. The second-order valence-electron chi connectivity index (χ2n) is 7.00. The normalized spacial score (nSPS) is 11.0. The van der Waals surface area contributed by atoms with E-state index in [1.54, 1.807) is 10.7 Å². The SMILES string of the molecule is Cc1ccc(-c2nnc3cc(-c4ccccc4)c(OCc4ccccn4)nn23)cc1.